The molecule has 0 aliphatic carbocycles. The van der Waals surface area contributed by atoms with Gasteiger partial charge in [-0.2, -0.15) is 0 Å². The second-order valence-electron chi connectivity index (χ2n) is 2.24. The zero-order chi connectivity index (χ0) is 7.82. The molecule has 1 N–H and O–H groups in total. The number of rotatable bonds is 6. The van der Waals surface area contributed by atoms with Crippen LogP contribution in [0.4, 0.5) is 0 Å². The van der Waals surface area contributed by atoms with Crippen molar-refractivity contribution in [2.75, 3.05) is 6.61 Å². The van der Waals surface area contributed by atoms with Gasteiger partial charge in [-0.25, -0.2) is 0 Å². The predicted molar refractivity (Wildman–Crippen MR) is 41.0 cm³/mol. The number of hydrogen-bond acceptors (Lipinski definition) is 2. The van der Waals surface area contributed by atoms with Crippen molar-refractivity contribution >= 4 is 16.8 Å². The van der Waals surface area contributed by atoms with Gasteiger partial charge in [0.1, 0.15) is 0 Å². The van der Waals surface area contributed by atoms with E-state index in [2.05, 4.69) is 0 Å². The molecule has 0 bridgehead atoms. The highest BCUT2D eigenvalue weighted by Gasteiger charge is 1.94. The van der Waals surface area contributed by atoms with Crippen molar-refractivity contribution in [2.24, 2.45) is 0 Å². The number of hydrogen-bond donors (Lipinski definition) is 1. The van der Waals surface area contributed by atoms with Gasteiger partial charge < -0.3 is 5.11 Å². The van der Waals surface area contributed by atoms with Crippen LogP contribution < -0.4 is 0 Å². The molecule has 10 heavy (non-hydrogen) atoms. The van der Waals surface area contributed by atoms with Gasteiger partial charge in [-0.05, 0) is 24.4 Å². The van der Waals surface area contributed by atoms with Crippen molar-refractivity contribution < 1.29 is 9.90 Å². The summed E-state index contributed by atoms with van der Waals surface area (Å²) in [5.74, 6) is 0. The van der Waals surface area contributed by atoms with Crippen LogP contribution in [-0.4, -0.2) is 17.0 Å². The van der Waals surface area contributed by atoms with Gasteiger partial charge in [0.2, 0.25) is 5.24 Å². The predicted octanol–water partition coefficient (Wildman–Crippen LogP) is 1.69. The van der Waals surface area contributed by atoms with E-state index in [0.29, 0.717) is 6.42 Å². The van der Waals surface area contributed by atoms with Crippen LogP contribution in [0.3, 0.4) is 0 Å². The molecule has 0 rings (SSSR count). The van der Waals surface area contributed by atoms with Crippen molar-refractivity contribution in [1.29, 1.82) is 0 Å². The first-order chi connectivity index (χ1) is 4.77. The summed E-state index contributed by atoms with van der Waals surface area (Å²) in [7, 11) is 0. The molecule has 0 saturated carbocycles. The van der Waals surface area contributed by atoms with Gasteiger partial charge >= 0.3 is 0 Å². The number of aliphatic hydroxyl groups excluding tert-OH is 1. The number of aliphatic hydroxyl groups is 1. The Morgan fingerprint density at radius 3 is 2.30 bits per heavy atom. The SMILES string of the molecule is O=C(Cl)CCCCCCO. The minimum atomic E-state index is -0.260. The van der Waals surface area contributed by atoms with E-state index < -0.39 is 0 Å². The maximum atomic E-state index is 10.2. The Kier molecular flexibility index (Phi) is 6.98. The zero-order valence-electron chi connectivity index (χ0n) is 5.98. The Hall–Kier alpha value is -0.0800. The van der Waals surface area contributed by atoms with Crippen LogP contribution >= 0.6 is 11.6 Å². The lowest BCUT2D eigenvalue weighted by Gasteiger charge is -1.94. The van der Waals surface area contributed by atoms with E-state index >= 15 is 0 Å². The molecule has 0 radical (unpaired) electrons. The van der Waals surface area contributed by atoms with Crippen LogP contribution in [-0.2, 0) is 4.79 Å². The van der Waals surface area contributed by atoms with Gasteiger partial charge in [-0.3, -0.25) is 4.79 Å². The first-order valence-electron chi connectivity index (χ1n) is 3.56. The summed E-state index contributed by atoms with van der Waals surface area (Å²) in [6.45, 7) is 0.245. The standard InChI is InChI=1S/C7H13ClO2/c8-7(10)5-3-1-2-4-6-9/h9H,1-6H2. The average Bonchev–Trinajstić information content (AvgIpc) is 1.87. The van der Waals surface area contributed by atoms with Gasteiger partial charge in [0.15, 0.2) is 0 Å². The molecule has 2 nitrogen and oxygen atoms in total. The van der Waals surface area contributed by atoms with Gasteiger partial charge in [0.25, 0.3) is 0 Å². The van der Waals surface area contributed by atoms with Crippen molar-refractivity contribution in [3.8, 4) is 0 Å². The Balaban J connectivity index is 2.84. The first-order valence-corrected chi connectivity index (χ1v) is 3.94. The quantitative estimate of drug-likeness (QED) is 0.479. The molecule has 0 heterocycles. The first kappa shape index (κ1) is 9.92. The molecule has 3 heteroatoms. The van der Waals surface area contributed by atoms with Crippen LogP contribution in [0.2, 0.25) is 0 Å². The van der Waals surface area contributed by atoms with Crippen molar-refractivity contribution in [3.63, 3.8) is 0 Å². The normalized spacial score (nSPS) is 9.80. The fraction of sp³-hybridized carbons (Fsp3) is 0.857. The fourth-order valence-electron chi connectivity index (χ4n) is 0.729. The Morgan fingerprint density at radius 2 is 1.80 bits per heavy atom. The topological polar surface area (TPSA) is 37.3 Å². The van der Waals surface area contributed by atoms with Crippen molar-refractivity contribution in [1.82, 2.24) is 0 Å². The van der Waals surface area contributed by atoms with Gasteiger partial charge in [-0.1, -0.05) is 12.8 Å². The average molecular weight is 165 g/mol. The number of halogens is 1. The molecule has 0 fully saturated rings. The molecule has 60 valence electrons. The van der Waals surface area contributed by atoms with Crippen LogP contribution in [0.15, 0.2) is 0 Å². The third-order valence-electron chi connectivity index (χ3n) is 1.28. The number of carbonyl (C=O) groups excluding carboxylic acids is 1. The molecule has 0 aliphatic rings. The summed E-state index contributed by atoms with van der Waals surface area (Å²) in [6, 6.07) is 0. The molecule has 0 aromatic rings. The van der Waals surface area contributed by atoms with E-state index in [9.17, 15) is 4.79 Å². The Morgan fingerprint density at radius 1 is 1.20 bits per heavy atom. The number of unbranched alkanes of at least 4 members (excludes halogenated alkanes) is 3. The van der Waals surface area contributed by atoms with E-state index in [1.54, 1.807) is 0 Å². The number of carbonyl (C=O) groups is 1. The van der Waals surface area contributed by atoms with Crippen LogP contribution in [0.5, 0.6) is 0 Å². The summed E-state index contributed by atoms with van der Waals surface area (Å²) in [6.07, 6.45) is 4.12. The monoisotopic (exact) mass is 164 g/mol. The Bertz CT molecular complexity index is 93.6. The van der Waals surface area contributed by atoms with E-state index in [4.69, 9.17) is 16.7 Å². The van der Waals surface area contributed by atoms with Gasteiger partial charge in [-0.15, -0.1) is 0 Å². The fourth-order valence-corrected chi connectivity index (χ4v) is 0.863. The highest BCUT2D eigenvalue weighted by molar-refractivity contribution is 6.63. The van der Waals surface area contributed by atoms with Crippen LogP contribution in [0, 0.1) is 0 Å². The Labute approximate surface area is 66.2 Å². The second-order valence-corrected chi connectivity index (χ2v) is 2.66. The van der Waals surface area contributed by atoms with Crippen molar-refractivity contribution in [2.45, 2.75) is 32.1 Å². The third kappa shape index (κ3) is 7.92. The third-order valence-corrected chi connectivity index (χ3v) is 1.47. The molecule has 0 aliphatic heterocycles. The molecule has 0 saturated heterocycles. The smallest absolute Gasteiger partial charge is 0.221 e. The highest BCUT2D eigenvalue weighted by Crippen LogP contribution is 2.03. The summed E-state index contributed by atoms with van der Waals surface area (Å²) >= 11 is 5.10. The van der Waals surface area contributed by atoms with E-state index in [1.807, 2.05) is 0 Å². The molecule has 0 unspecified atom stereocenters. The molecule has 0 aromatic heterocycles. The van der Waals surface area contributed by atoms with E-state index in [-0.39, 0.29) is 11.8 Å². The zero-order valence-corrected chi connectivity index (χ0v) is 6.73. The maximum absolute atomic E-state index is 10.2. The van der Waals surface area contributed by atoms with Crippen molar-refractivity contribution in [3.05, 3.63) is 0 Å². The highest BCUT2D eigenvalue weighted by atomic mass is 35.5. The van der Waals surface area contributed by atoms with Gasteiger partial charge in [0, 0.05) is 13.0 Å². The summed E-state index contributed by atoms with van der Waals surface area (Å²) in [4.78, 5) is 10.2. The molecule has 0 amide bonds. The summed E-state index contributed by atoms with van der Waals surface area (Å²) < 4.78 is 0. The molecule has 0 aromatic carbocycles. The minimum absolute atomic E-state index is 0.245. The van der Waals surface area contributed by atoms with Crippen LogP contribution in [0.25, 0.3) is 0 Å². The van der Waals surface area contributed by atoms with Gasteiger partial charge in [0.05, 0.1) is 0 Å². The molecular weight excluding hydrogens is 152 g/mol. The molecular formula is C7H13ClO2. The van der Waals surface area contributed by atoms with Crippen LogP contribution in [0.1, 0.15) is 32.1 Å². The lowest BCUT2D eigenvalue weighted by molar-refractivity contribution is -0.111. The lowest BCUT2D eigenvalue weighted by atomic mass is 10.2. The molecule has 0 atom stereocenters. The van der Waals surface area contributed by atoms with E-state index in [1.165, 1.54) is 0 Å². The molecule has 0 spiro atoms. The summed E-state index contributed by atoms with van der Waals surface area (Å²) in [5, 5.41) is 8.12. The minimum Gasteiger partial charge on any atom is -0.396 e. The second kappa shape index (κ2) is 7.03. The van der Waals surface area contributed by atoms with E-state index in [0.717, 1.165) is 25.7 Å². The summed E-state index contributed by atoms with van der Waals surface area (Å²) in [5.41, 5.74) is 0. The largest absolute Gasteiger partial charge is 0.396 e. The lowest BCUT2D eigenvalue weighted by Crippen LogP contribution is -1.87. The maximum Gasteiger partial charge on any atom is 0.221 e.